The summed E-state index contributed by atoms with van der Waals surface area (Å²) in [7, 11) is 0. The summed E-state index contributed by atoms with van der Waals surface area (Å²) in [5.41, 5.74) is 5.71. The van der Waals surface area contributed by atoms with Gasteiger partial charge in [0.2, 0.25) is 5.91 Å². The third kappa shape index (κ3) is 4.05. The molecular weight excluding hydrogens is 448 g/mol. The average molecular weight is 477 g/mol. The smallest absolute Gasteiger partial charge is 0.316 e. The molecule has 1 fully saturated rings. The van der Waals surface area contributed by atoms with E-state index in [1.807, 2.05) is 90.8 Å². The fourth-order valence-corrected chi connectivity index (χ4v) is 5.02. The molecule has 3 amide bonds. The summed E-state index contributed by atoms with van der Waals surface area (Å²) in [6, 6.07) is 29.4. The van der Waals surface area contributed by atoms with Crippen LogP contribution in [0.2, 0.25) is 0 Å². The minimum Gasteiger partial charge on any atom is -0.316 e. The highest BCUT2D eigenvalue weighted by Gasteiger charge is 2.40. The van der Waals surface area contributed by atoms with Crippen molar-refractivity contribution in [2.24, 2.45) is 0 Å². The standard InChI is InChI=1S/C30H28N4O2/c1-21-13-15-23(16-14-21)31-30(36)33(24-17-18-24)20-28(35)34-26-11-6-5-10-25(26)32-19-7-12-27(32)29(34)22-8-3-2-4-9-22/h2-16,19,24,29H,17-18,20H2,1H3,(H,31,36). The molecule has 0 spiro atoms. The third-order valence-corrected chi connectivity index (χ3v) is 6.96. The molecule has 4 aromatic rings. The van der Waals surface area contributed by atoms with E-state index in [0.29, 0.717) is 0 Å². The number of carbonyl (C=O) groups excluding carboxylic acids is 2. The number of hydrogen-bond donors (Lipinski definition) is 1. The summed E-state index contributed by atoms with van der Waals surface area (Å²) in [5, 5.41) is 2.98. The molecule has 3 aromatic carbocycles. The molecule has 1 saturated carbocycles. The lowest BCUT2D eigenvalue weighted by Crippen LogP contribution is -2.48. The molecule has 1 aromatic heterocycles. The Kier molecular flexibility index (Phi) is 5.56. The van der Waals surface area contributed by atoms with Crippen LogP contribution in [0.25, 0.3) is 5.69 Å². The van der Waals surface area contributed by atoms with Crippen LogP contribution in [0.3, 0.4) is 0 Å². The number of anilines is 2. The molecule has 0 saturated heterocycles. The van der Waals surface area contributed by atoms with Gasteiger partial charge in [-0.15, -0.1) is 0 Å². The van der Waals surface area contributed by atoms with Gasteiger partial charge in [-0.2, -0.15) is 0 Å². The van der Waals surface area contributed by atoms with Gasteiger partial charge in [0.1, 0.15) is 12.6 Å². The van der Waals surface area contributed by atoms with Crippen LogP contribution in [0, 0.1) is 6.92 Å². The molecule has 6 nitrogen and oxygen atoms in total. The highest BCUT2D eigenvalue weighted by atomic mass is 16.2. The Hall–Kier alpha value is -4.32. The number of benzene rings is 3. The second-order valence-corrected chi connectivity index (χ2v) is 9.52. The summed E-state index contributed by atoms with van der Waals surface area (Å²) in [6.45, 7) is 2.03. The van der Waals surface area contributed by atoms with Crippen molar-refractivity contribution in [2.75, 3.05) is 16.8 Å². The van der Waals surface area contributed by atoms with E-state index < -0.39 is 0 Å². The van der Waals surface area contributed by atoms with Crippen molar-refractivity contribution in [3.63, 3.8) is 0 Å². The number of aryl methyl sites for hydroxylation is 1. The van der Waals surface area contributed by atoms with Crippen molar-refractivity contribution < 1.29 is 9.59 Å². The number of urea groups is 1. The highest BCUT2D eigenvalue weighted by molar-refractivity contribution is 6.01. The maximum Gasteiger partial charge on any atom is 0.322 e. The van der Waals surface area contributed by atoms with Crippen molar-refractivity contribution >= 4 is 23.3 Å². The summed E-state index contributed by atoms with van der Waals surface area (Å²) >= 11 is 0. The zero-order chi connectivity index (χ0) is 24.6. The normalized spacial score (nSPS) is 16.1. The van der Waals surface area contributed by atoms with Crippen LogP contribution in [0.15, 0.2) is 97.2 Å². The van der Waals surface area contributed by atoms with Crippen molar-refractivity contribution in [3.05, 3.63) is 114 Å². The zero-order valence-electron chi connectivity index (χ0n) is 20.2. The molecular formula is C30H28N4O2. The van der Waals surface area contributed by atoms with Gasteiger partial charge in [-0.1, -0.05) is 60.2 Å². The summed E-state index contributed by atoms with van der Waals surface area (Å²) in [6.07, 6.45) is 3.86. The van der Waals surface area contributed by atoms with Crippen LogP contribution in [0.5, 0.6) is 0 Å². The first-order valence-electron chi connectivity index (χ1n) is 12.4. The summed E-state index contributed by atoms with van der Waals surface area (Å²) < 4.78 is 2.15. The number of nitrogens with zero attached hydrogens (tertiary/aromatic N) is 3. The van der Waals surface area contributed by atoms with Gasteiger partial charge in [0.05, 0.1) is 17.1 Å². The molecule has 6 heteroatoms. The Morgan fingerprint density at radius 1 is 0.861 bits per heavy atom. The molecule has 1 N–H and O–H groups in total. The van der Waals surface area contributed by atoms with Gasteiger partial charge < -0.3 is 14.8 Å². The number of para-hydroxylation sites is 2. The van der Waals surface area contributed by atoms with E-state index in [9.17, 15) is 9.59 Å². The van der Waals surface area contributed by atoms with Crippen LogP contribution >= 0.6 is 0 Å². The number of amides is 3. The molecule has 2 heterocycles. The number of rotatable bonds is 5. The lowest BCUT2D eigenvalue weighted by molar-refractivity contribution is -0.119. The van der Waals surface area contributed by atoms with E-state index in [4.69, 9.17) is 0 Å². The predicted octanol–water partition coefficient (Wildman–Crippen LogP) is 5.92. The van der Waals surface area contributed by atoms with Crippen LogP contribution in [-0.2, 0) is 4.79 Å². The first-order valence-corrected chi connectivity index (χ1v) is 12.4. The maximum atomic E-state index is 14.1. The zero-order valence-corrected chi connectivity index (χ0v) is 20.2. The lowest BCUT2D eigenvalue weighted by atomic mass is 9.97. The molecule has 0 radical (unpaired) electrons. The van der Waals surface area contributed by atoms with Gasteiger partial charge in [0, 0.05) is 17.9 Å². The Morgan fingerprint density at radius 3 is 2.28 bits per heavy atom. The van der Waals surface area contributed by atoms with Crippen molar-refractivity contribution in [2.45, 2.75) is 31.8 Å². The Labute approximate surface area is 210 Å². The van der Waals surface area contributed by atoms with E-state index in [2.05, 4.69) is 28.1 Å². The molecule has 1 aliphatic carbocycles. The molecule has 1 aliphatic heterocycles. The Bertz CT molecular complexity index is 1410. The monoisotopic (exact) mass is 476 g/mol. The number of hydrogen-bond acceptors (Lipinski definition) is 2. The van der Waals surface area contributed by atoms with E-state index in [1.54, 1.807) is 4.90 Å². The predicted molar refractivity (Wildman–Crippen MR) is 141 cm³/mol. The minimum atomic E-state index is -0.287. The van der Waals surface area contributed by atoms with E-state index >= 15 is 0 Å². The van der Waals surface area contributed by atoms with E-state index in [1.165, 1.54) is 0 Å². The number of aromatic nitrogens is 1. The molecule has 36 heavy (non-hydrogen) atoms. The van der Waals surface area contributed by atoms with Gasteiger partial charge in [-0.25, -0.2) is 4.79 Å². The molecule has 180 valence electrons. The third-order valence-electron chi connectivity index (χ3n) is 6.96. The topological polar surface area (TPSA) is 57.6 Å². The molecule has 1 atom stereocenters. The number of carbonyl (C=O) groups is 2. The highest BCUT2D eigenvalue weighted by Crippen LogP contribution is 2.42. The molecule has 2 aliphatic rings. The van der Waals surface area contributed by atoms with Gasteiger partial charge in [0.25, 0.3) is 0 Å². The van der Waals surface area contributed by atoms with Gasteiger partial charge in [-0.05, 0) is 61.7 Å². The van der Waals surface area contributed by atoms with Gasteiger partial charge in [-0.3, -0.25) is 9.69 Å². The fourth-order valence-electron chi connectivity index (χ4n) is 5.02. The second-order valence-electron chi connectivity index (χ2n) is 9.52. The van der Waals surface area contributed by atoms with Gasteiger partial charge in [0.15, 0.2) is 0 Å². The quantitative estimate of drug-likeness (QED) is 0.389. The Balaban J connectivity index is 1.34. The molecule has 1 unspecified atom stereocenters. The van der Waals surface area contributed by atoms with Crippen molar-refractivity contribution in [1.29, 1.82) is 0 Å². The number of fused-ring (bicyclic) bond motifs is 3. The van der Waals surface area contributed by atoms with Crippen molar-refractivity contribution in [3.8, 4) is 5.69 Å². The summed E-state index contributed by atoms with van der Waals surface area (Å²) in [5.74, 6) is -0.102. The summed E-state index contributed by atoms with van der Waals surface area (Å²) in [4.78, 5) is 31.0. The lowest BCUT2D eigenvalue weighted by Gasteiger charge is -2.39. The fraction of sp³-hybridized carbons (Fsp3) is 0.200. The Morgan fingerprint density at radius 2 is 1.56 bits per heavy atom. The maximum absolute atomic E-state index is 14.1. The van der Waals surface area contributed by atoms with Crippen LogP contribution in [0.1, 0.15) is 35.7 Å². The molecule has 6 rings (SSSR count). The second kappa shape index (κ2) is 9.04. The largest absolute Gasteiger partial charge is 0.322 e. The van der Waals surface area contributed by atoms with E-state index in [0.717, 1.165) is 46.7 Å². The molecule has 0 bridgehead atoms. The first-order chi connectivity index (χ1) is 17.6. The number of nitrogens with one attached hydrogen (secondary N) is 1. The van der Waals surface area contributed by atoms with Gasteiger partial charge >= 0.3 is 6.03 Å². The van der Waals surface area contributed by atoms with E-state index in [-0.39, 0.29) is 30.6 Å². The van der Waals surface area contributed by atoms with Crippen LogP contribution < -0.4 is 10.2 Å². The van der Waals surface area contributed by atoms with Crippen LogP contribution in [-0.4, -0.2) is 34.0 Å². The average Bonchev–Trinajstić information content (AvgIpc) is 3.63. The SMILES string of the molecule is Cc1ccc(NC(=O)N(CC(=O)N2c3ccccc3-n3cccc3C2c2ccccc2)C2CC2)cc1. The first kappa shape index (κ1) is 22.2. The van der Waals surface area contributed by atoms with Crippen LogP contribution in [0.4, 0.5) is 16.2 Å². The minimum absolute atomic E-state index is 0.0146. The van der Waals surface area contributed by atoms with Crippen molar-refractivity contribution in [1.82, 2.24) is 9.47 Å².